The molecule has 0 radical (unpaired) electrons. The van der Waals surface area contributed by atoms with Gasteiger partial charge in [0.15, 0.2) is 0 Å². The molecule has 2 aliphatic carbocycles. The largest absolute Gasteiger partial charge is 0.391 e. The average Bonchev–Trinajstić information content (AvgIpc) is 2.90. The molecule has 0 aromatic heterocycles. The van der Waals surface area contributed by atoms with E-state index in [0.29, 0.717) is 5.92 Å². The van der Waals surface area contributed by atoms with E-state index in [2.05, 4.69) is 10.6 Å². The van der Waals surface area contributed by atoms with E-state index in [1.54, 1.807) is 0 Å². The lowest BCUT2D eigenvalue weighted by Crippen LogP contribution is -2.39. The summed E-state index contributed by atoms with van der Waals surface area (Å²) < 4.78 is 0. The molecule has 0 aromatic carbocycles. The van der Waals surface area contributed by atoms with Gasteiger partial charge in [-0.25, -0.2) is 0 Å². The number of aliphatic hydroxyl groups excluding tert-OH is 1. The quantitative estimate of drug-likeness (QED) is 0.629. The Morgan fingerprint density at radius 3 is 2.73 bits per heavy atom. The van der Waals surface area contributed by atoms with E-state index in [1.165, 1.54) is 25.7 Å². The van der Waals surface area contributed by atoms with Gasteiger partial charge in [-0.3, -0.25) is 0 Å². The highest BCUT2D eigenvalue weighted by Crippen LogP contribution is 2.44. The normalized spacial score (nSPS) is 49.0. The molecule has 3 N–H and O–H groups in total. The van der Waals surface area contributed by atoms with Crippen LogP contribution in [-0.2, 0) is 0 Å². The van der Waals surface area contributed by atoms with E-state index in [9.17, 15) is 5.11 Å². The average molecular weight is 210 g/mol. The molecular formula is C12H22N2O. The zero-order valence-electron chi connectivity index (χ0n) is 9.28. The van der Waals surface area contributed by atoms with Crippen LogP contribution in [0.15, 0.2) is 0 Å². The Kier molecular flexibility index (Phi) is 2.71. The van der Waals surface area contributed by atoms with Crippen molar-refractivity contribution in [3.63, 3.8) is 0 Å². The lowest BCUT2D eigenvalue weighted by Gasteiger charge is -2.25. The van der Waals surface area contributed by atoms with Crippen LogP contribution in [-0.4, -0.2) is 36.9 Å². The molecule has 1 saturated heterocycles. The van der Waals surface area contributed by atoms with Gasteiger partial charge in [-0.05, 0) is 31.1 Å². The lowest BCUT2D eigenvalue weighted by molar-refractivity contribution is 0.142. The smallest absolute Gasteiger partial charge is 0.0716 e. The summed E-state index contributed by atoms with van der Waals surface area (Å²) in [5, 5.41) is 16.6. The van der Waals surface area contributed by atoms with Gasteiger partial charge >= 0.3 is 0 Å². The van der Waals surface area contributed by atoms with Crippen molar-refractivity contribution in [2.24, 2.45) is 17.8 Å². The Hall–Kier alpha value is -0.120. The number of rotatable bonds is 3. The second-order valence-electron chi connectivity index (χ2n) is 5.68. The van der Waals surface area contributed by atoms with Crippen LogP contribution in [0.2, 0.25) is 0 Å². The fourth-order valence-corrected chi connectivity index (χ4v) is 3.72. The van der Waals surface area contributed by atoms with Crippen molar-refractivity contribution < 1.29 is 5.11 Å². The molecule has 1 heterocycles. The highest BCUT2D eigenvalue weighted by atomic mass is 16.3. The first kappa shape index (κ1) is 10.1. The van der Waals surface area contributed by atoms with Gasteiger partial charge in [0.25, 0.3) is 0 Å². The molecule has 0 amide bonds. The Bertz CT molecular complexity index is 234. The molecule has 3 heteroatoms. The summed E-state index contributed by atoms with van der Waals surface area (Å²) in [6.45, 7) is 2.76. The van der Waals surface area contributed by atoms with E-state index in [1.807, 2.05) is 0 Å². The molecule has 2 saturated carbocycles. The van der Waals surface area contributed by atoms with Crippen molar-refractivity contribution in [1.82, 2.24) is 10.6 Å². The maximum Gasteiger partial charge on any atom is 0.0716 e. The third-order valence-electron chi connectivity index (χ3n) is 4.68. The van der Waals surface area contributed by atoms with E-state index >= 15 is 0 Å². The lowest BCUT2D eigenvalue weighted by atomic mass is 9.94. The van der Waals surface area contributed by atoms with Crippen molar-refractivity contribution in [1.29, 1.82) is 0 Å². The molecule has 2 bridgehead atoms. The van der Waals surface area contributed by atoms with Crippen molar-refractivity contribution in [2.75, 3.05) is 19.6 Å². The molecule has 3 fully saturated rings. The number of fused-ring (bicyclic) bond motifs is 2. The molecule has 0 aromatic rings. The number of nitrogens with one attached hydrogen (secondary N) is 2. The Morgan fingerprint density at radius 1 is 1.20 bits per heavy atom. The molecule has 0 spiro atoms. The first-order valence-electron chi connectivity index (χ1n) is 6.45. The minimum absolute atomic E-state index is 0.129. The van der Waals surface area contributed by atoms with Crippen LogP contribution in [0.5, 0.6) is 0 Å². The molecule has 3 rings (SSSR count). The highest BCUT2D eigenvalue weighted by molar-refractivity contribution is 4.95. The van der Waals surface area contributed by atoms with Gasteiger partial charge in [0, 0.05) is 31.6 Å². The first-order chi connectivity index (χ1) is 7.33. The van der Waals surface area contributed by atoms with E-state index in [-0.39, 0.29) is 6.10 Å². The van der Waals surface area contributed by atoms with Crippen LogP contribution in [0, 0.1) is 17.8 Å². The van der Waals surface area contributed by atoms with Crippen LogP contribution in [0.25, 0.3) is 0 Å². The number of hydrogen-bond acceptors (Lipinski definition) is 3. The molecule has 3 nitrogen and oxygen atoms in total. The van der Waals surface area contributed by atoms with Crippen LogP contribution in [0.1, 0.15) is 25.7 Å². The third-order valence-corrected chi connectivity index (χ3v) is 4.68. The second kappa shape index (κ2) is 4.04. The van der Waals surface area contributed by atoms with Crippen LogP contribution in [0.3, 0.4) is 0 Å². The first-order valence-corrected chi connectivity index (χ1v) is 6.45. The maximum absolute atomic E-state index is 9.69. The Labute approximate surface area is 91.6 Å². The summed E-state index contributed by atoms with van der Waals surface area (Å²) in [5.41, 5.74) is 0. The van der Waals surface area contributed by atoms with Crippen molar-refractivity contribution in [3.8, 4) is 0 Å². The number of β-amino-alcohol motifs (C(OH)–C–C–N with tert-alkyl or cyclic N) is 1. The van der Waals surface area contributed by atoms with Crippen molar-refractivity contribution in [3.05, 3.63) is 0 Å². The molecular weight excluding hydrogens is 188 g/mol. The molecule has 1 aliphatic heterocycles. The van der Waals surface area contributed by atoms with E-state index in [0.717, 1.165) is 37.5 Å². The van der Waals surface area contributed by atoms with Crippen LogP contribution < -0.4 is 10.6 Å². The minimum Gasteiger partial charge on any atom is -0.391 e. The molecule has 3 aliphatic rings. The van der Waals surface area contributed by atoms with E-state index < -0.39 is 0 Å². The van der Waals surface area contributed by atoms with E-state index in [4.69, 9.17) is 0 Å². The van der Waals surface area contributed by atoms with Crippen LogP contribution in [0.4, 0.5) is 0 Å². The van der Waals surface area contributed by atoms with Gasteiger partial charge < -0.3 is 15.7 Å². The monoisotopic (exact) mass is 210 g/mol. The molecule has 5 unspecified atom stereocenters. The number of hydrogen-bond donors (Lipinski definition) is 3. The summed E-state index contributed by atoms with van der Waals surface area (Å²) in [5.74, 6) is 2.39. The molecule has 86 valence electrons. The highest BCUT2D eigenvalue weighted by Gasteiger charge is 2.39. The summed E-state index contributed by atoms with van der Waals surface area (Å²) >= 11 is 0. The van der Waals surface area contributed by atoms with Gasteiger partial charge in [-0.2, -0.15) is 0 Å². The predicted octanol–water partition coefficient (Wildman–Crippen LogP) is 0.345. The molecule has 5 atom stereocenters. The standard InChI is InChI=1S/C12H22N2O/c15-12-7-13-5-10(12)6-14-11-4-8-1-2-9(11)3-8/h8-15H,1-7H2. The summed E-state index contributed by atoms with van der Waals surface area (Å²) in [4.78, 5) is 0. The van der Waals surface area contributed by atoms with Crippen molar-refractivity contribution in [2.45, 2.75) is 37.8 Å². The topological polar surface area (TPSA) is 44.3 Å². The van der Waals surface area contributed by atoms with Crippen LogP contribution >= 0.6 is 0 Å². The summed E-state index contributed by atoms with van der Waals surface area (Å²) in [7, 11) is 0. The van der Waals surface area contributed by atoms with Gasteiger partial charge in [0.05, 0.1) is 6.10 Å². The van der Waals surface area contributed by atoms with Gasteiger partial charge in [0.2, 0.25) is 0 Å². The Balaban J connectivity index is 1.46. The predicted molar refractivity (Wildman–Crippen MR) is 59.6 cm³/mol. The Morgan fingerprint density at radius 2 is 2.13 bits per heavy atom. The van der Waals surface area contributed by atoms with Crippen molar-refractivity contribution >= 4 is 0 Å². The zero-order valence-corrected chi connectivity index (χ0v) is 9.28. The fourth-order valence-electron chi connectivity index (χ4n) is 3.72. The SMILES string of the molecule is OC1CNCC1CNC1CC2CCC1C2. The summed E-state index contributed by atoms with van der Waals surface area (Å²) in [6, 6.07) is 0.761. The van der Waals surface area contributed by atoms with Gasteiger partial charge in [-0.15, -0.1) is 0 Å². The zero-order chi connectivity index (χ0) is 10.3. The maximum atomic E-state index is 9.69. The second-order valence-corrected chi connectivity index (χ2v) is 5.68. The van der Waals surface area contributed by atoms with Gasteiger partial charge in [0.1, 0.15) is 0 Å². The molecule has 15 heavy (non-hydrogen) atoms. The summed E-state index contributed by atoms with van der Waals surface area (Å²) in [6.07, 6.45) is 5.63. The minimum atomic E-state index is -0.129. The number of aliphatic hydroxyl groups is 1. The van der Waals surface area contributed by atoms with Gasteiger partial charge in [-0.1, -0.05) is 6.42 Å². The third kappa shape index (κ3) is 1.93. The fraction of sp³-hybridized carbons (Fsp3) is 1.00.